The van der Waals surface area contributed by atoms with Gasteiger partial charge in [-0.1, -0.05) is 114 Å². The molecular formula is C28H48N2. The van der Waals surface area contributed by atoms with E-state index in [1.165, 1.54) is 95.5 Å². The molecule has 0 saturated heterocycles. The molecule has 0 bridgehead atoms. The minimum Gasteiger partial charge on any atom is -0.354 e. The van der Waals surface area contributed by atoms with Gasteiger partial charge in [0.2, 0.25) is 0 Å². The number of hydrogen-bond donors (Lipinski definition) is 0. The maximum Gasteiger partial charge on any atom is 0.101 e. The van der Waals surface area contributed by atoms with E-state index in [2.05, 4.69) is 73.3 Å². The molecule has 0 aromatic heterocycles. The molecule has 0 saturated carbocycles. The Morgan fingerprint density at radius 3 is 1.77 bits per heavy atom. The van der Waals surface area contributed by atoms with Crippen molar-refractivity contribution in [1.29, 1.82) is 0 Å². The predicted octanol–water partition coefficient (Wildman–Crippen LogP) is 8.49. The highest BCUT2D eigenvalue weighted by atomic mass is 15.4. The van der Waals surface area contributed by atoms with Crippen LogP contribution in [0.25, 0.3) is 0 Å². The summed E-state index contributed by atoms with van der Waals surface area (Å²) in [4.78, 5) is 5.08. The van der Waals surface area contributed by atoms with Crippen LogP contribution in [-0.2, 0) is 6.54 Å². The molecule has 2 nitrogen and oxygen atoms in total. The van der Waals surface area contributed by atoms with E-state index in [0.717, 1.165) is 6.54 Å². The summed E-state index contributed by atoms with van der Waals surface area (Å²) in [5.74, 6) is 0. The van der Waals surface area contributed by atoms with Crippen LogP contribution in [0.2, 0.25) is 0 Å². The molecule has 1 aliphatic heterocycles. The summed E-state index contributed by atoms with van der Waals surface area (Å²) in [6.07, 6.45) is 24.9. The lowest BCUT2D eigenvalue weighted by atomic mass is 10.0. The highest BCUT2D eigenvalue weighted by Crippen LogP contribution is 2.25. The Hall–Kier alpha value is -1.44. The van der Waals surface area contributed by atoms with Crippen LogP contribution in [0.1, 0.15) is 116 Å². The fourth-order valence-electron chi connectivity index (χ4n) is 4.66. The molecule has 2 rings (SSSR count). The lowest BCUT2D eigenvalue weighted by molar-refractivity contribution is 0.110. The van der Waals surface area contributed by atoms with E-state index in [4.69, 9.17) is 0 Å². The van der Waals surface area contributed by atoms with Gasteiger partial charge in [-0.3, -0.25) is 0 Å². The van der Waals surface area contributed by atoms with Crippen molar-refractivity contribution in [3.8, 4) is 0 Å². The second kappa shape index (κ2) is 15.4. The third kappa shape index (κ3) is 9.58. The molecular weight excluding hydrogens is 364 g/mol. The molecule has 30 heavy (non-hydrogen) atoms. The van der Waals surface area contributed by atoms with Crippen molar-refractivity contribution >= 4 is 0 Å². The second-order valence-corrected chi connectivity index (χ2v) is 9.51. The molecule has 1 aromatic rings. The Morgan fingerprint density at radius 2 is 1.23 bits per heavy atom. The first-order valence-corrected chi connectivity index (χ1v) is 13.0. The van der Waals surface area contributed by atoms with E-state index in [0.29, 0.717) is 12.2 Å². The van der Waals surface area contributed by atoms with Crippen LogP contribution >= 0.6 is 0 Å². The zero-order valence-corrected chi connectivity index (χ0v) is 20.2. The van der Waals surface area contributed by atoms with Gasteiger partial charge in [-0.05, 0) is 32.3 Å². The minimum absolute atomic E-state index is 0.526. The van der Waals surface area contributed by atoms with E-state index in [9.17, 15) is 0 Å². The van der Waals surface area contributed by atoms with Gasteiger partial charge in [-0.2, -0.15) is 0 Å². The smallest absolute Gasteiger partial charge is 0.101 e. The van der Waals surface area contributed by atoms with Crippen LogP contribution in [-0.4, -0.2) is 22.0 Å². The average Bonchev–Trinajstić information content (AvgIpc) is 3.15. The first-order valence-electron chi connectivity index (χ1n) is 13.0. The SMILES string of the molecule is CCCCCCCCCCCCCCCC1N(Cc2ccccc2)C=CN1C(C)C. The third-order valence-corrected chi connectivity index (χ3v) is 6.53. The summed E-state index contributed by atoms with van der Waals surface area (Å²) in [6, 6.07) is 11.5. The van der Waals surface area contributed by atoms with Gasteiger partial charge in [-0.15, -0.1) is 0 Å². The Balaban J connectivity index is 1.55. The number of unbranched alkanes of at least 4 members (excludes halogenated alkanes) is 12. The normalized spacial score (nSPS) is 16.2. The molecule has 1 unspecified atom stereocenters. The first-order chi connectivity index (χ1) is 14.7. The van der Waals surface area contributed by atoms with Crippen molar-refractivity contribution in [3.63, 3.8) is 0 Å². The molecule has 0 amide bonds. The van der Waals surface area contributed by atoms with Crippen molar-refractivity contribution in [1.82, 2.24) is 9.80 Å². The molecule has 0 spiro atoms. The monoisotopic (exact) mass is 412 g/mol. The molecule has 0 N–H and O–H groups in total. The molecule has 0 aliphatic carbocycles. The van der Waals surface area contributed by atoms with Crippen LogP contribution in [0, 0.1) is 0 Å². The van der Waals surface area contributed by atoms with Crippen LogP contribution in [0.5, 0.6) is 0 Å². The Morgan fingerprint density at radius 1 is 0.700 bits per heavy atom. The third-order valence-electron chi connectivity index (χ3n) is 6.53. The van der Waals surface area contributed by atoms with Gasteiger partial charge in [0.05, 0.1) is 0 Å². The Labute approximate surface area is 187 Å². The molecule has 170 valence electrons. The van der Waals surface area contributed by atoms with Gasteiger partial charge >= 0.3 is 0 Å². The van der Waals surface area contributed by atoms with Gasteiger partial charge in [0.15, 0.2) is 0 Å². The van der Waals surface area contributed by atoms with E-state index in [1.807, 2.05) is 0 Å². The zero-order chi connectivity index (χ0) is 21.4. The average molecular weight is 413 g/mol. The molecule has 0 fully saturated rings. The maximum absolute atomic E-state index is 2.55. The molecule has 1 atom stereocenters. The van der Waals surface area contributed by atoms with Crippen molar-refractivity contribution < 1.29 is 0 Å². The van der Waals surface area contributed by atoms with Crippen molar-refractivity contribution in [2.45, 2.75) is 129 Å². The zero-order valence-electron chi connectivity index (χ0n) is 20.2. The van der Waals surface area contributed by atoms with Crippen LogP contribution < -0.4 is 0 Å². The van der Waals surface area contributed by atoms with Crippen molar-refractivity contribution in [2.24, 2.45) is 0 Å². The predicted molar refractivity (Wildman–Crippen MR) is 132 cm³/mol. The summed E-state index contributed by atoms with van der Waals surface area (Å²) < 4.78 is 0. The molecule has 0 radical (unpaired) electrons. The first kappa shape index (κ1) is 24.8. The highest BCUT2D eigenvalue weighted by Gasteiger charge is 2.27. The molecule has 2 heteroatoms. The lowest BCUT2D eigenvalue weighted by Crippen LogP contribution is -2.41. The van der Waals surface area contributed by atoms with E-state index >= 15 is 0 Å². The summed E-state index contributed by atoms with van der Waals surface area (Å²) in [7, 11) is 0. The van der Waals surface area contributed by atoms with Gasteiger partial charge in [-0.25, -0.2) is 0 Å². The summed E-state index contributed by atoms with van der Waals surface area (Å²) >= 11 is 0. The second-order valence-electron chi connectivity index (χ2n) is 9.51. The number of rotatable bonds is 17. The topological polar surface area (TPSA) is 6.48 Å². The number of benzene rings is 1. The minimum atomic E-state index is 0.526. The standard InChI is InChI=1S/C28H48N2/c1-4-5-6-7-8-9-10-11-12-13-14-15-19-22-28-29(23-24-30(28)26(2)3)25-27-20-17-16-18-21-27/h16-18,20-21,23-24,26,28H,4-15,19,22,25H2,1-3H3. The quantitative estimate of drug-likeness (QED) is 0.237. The van der Waals surface area contributed by atoms with Crippen molar-refractivity contribution in [3.05, 3.63) is 48.3 Å². The molecule has 1 heterocycles. The highest BCUT2D eigenvalue weighted by molar-refractivity contribution is 5.16. The van der Waals surface area contributed by atoms with Crippen LogP contribution in [0.3, 0.4) is 0 Å². The van der Waals surface area contributed by atoms with Crippen molar-refractivity contribution in [2.75, 3.05) is 0 Å². The number of hydrogen-bond acceptors (Lipinski definition) is 2. The molecule has 1 aliphatic rings. The largest absolute Gasteiger partial charge is 0.354 e. The Bertz CT molecular complexity index is 551. The van der Waals surface area contributed by atoms with Crippen LogP contribution in [0.4, 0.5) is 0 Å². The van der Waals surface area contributed by atoms with Gasteiger partial charge < -0.3 is 9.80 Å². The van der Waals surface area contributed by atoms with E-state index < -0.39 is 0 Å². The summed E-state index contributed by atoms with van der Waals surface area (Å²) in [5.41, 5.74) is 1.41. The van der Waals surface area contributed by atoms with Crippen LogP contribution in [0.15, 0.2) is 42.7 Å². The molecule has 1 aromatic carbocycles. The van der Waals surface area contributed by atoms with Gasteiger partial charge in [0.25, 0.3) is 0 Å². The van der Waals surface area contributed by atoms with Gasteiger partial charge in [0, 0.05) is 25.0 Å². The van der Waals surface area contributed by atoms with E-state index in [1.54, 1.807) is 0 Å². The number of nitrogens with zero attached hydrogens (tertiary/aromatic N) is 2. The summed E-state index contributed by atoms with van der Waals surface area (Å²) in [6.45, 7) is 7.94. The summed E-state index contributed by atoms with van der Waals surface area (Å²) in [5, 5.41) is 0. The maximum atomic E-state index is 2.55. The lowest BCUT2D eigenvalue weighted by Gasteiger charge is -2.35. The van der Waals surface area contributed by atoms with E-state index in [-0.39, 0.29) is 0 Å². The fraction of sp³-hybridized carbons (Fsp3) is 0.714. The fourth-order valence-corrected chi connectivity index (χ4v) is 4.66. The van der Waals surface area contributed by atoms with Gasteiger partial charge in [0.1, 0.15) is 6.17 Å². The Kier molecular flexibility index (Phi) is 12.7.